The molecule has 0 aliphatic carbocycles. The number of carbonyl (C=O) groups is 2. The van der Waals surface area contributed by atoms with Crippen LogP contribution in [0.25, 0.3) is 11.1 Å². The zero-order valence-corrected chi connectivity index (χ0v) is 18.5. The van der Waals surface area contributed by atoms with E-state index in [0.29, 0.717) is 32.4 Å². The highest BCUT2D eigenvalue weighted by Gasteiger charge is 2.43. The van der Waals surface area contributed by atoms with Crippen molar-refractivity contribution < 1.29 is 9.59 Å². The third-order valence-electron chi connectivity index (χ3n) is 6.23. The molecule has 1 saturated heterocycles. The molecule has 0 spiro atoms. The summed E-state index contributed by atoms with van der Waals surface area (Å²) in [7, 11) is 3.61. The van der Waals surface area contributed by atoms with Gasteiger partial charge >= 0.3 is 0 Å². The Balaban J connectivity index is 1.56. The number of hydrogen-bond donors (Lipinski definition) is 0. The van der Waals surface area contributed by atoms with Gasteiger partial charge in [-0.2, -0.15) is 5.10 Å². The second kappa shape index (κ2) is 9.30. The van der Waals surface area contributed by atoms with Crippen LogP contribution in [0.1, 0.15) is 18.4 Å². The molecule has 8 heteroatoms. The minimum Gasteiger partial charge on any atom is -0.348 e. The predicted molar refractivity (Wildman–Crippen MR) is 120 cm³/mol. The topological polar surface area (TPSA) is 84.2 Å². The molecule has 1 aromatic carbocycles. The minimum atomic E-state index is -0.545. The van der Waals surface area contributed by atoms with E-state index in [9.17, 15) is 9.59 Å². The van der Waals surface area contributed by atoms with Crippen molar-refractivity contribution in [2.75, 3.05) is 27.2 Å². The number of pyridine rings is 1. The summed E-state index contributed by atoms with van der Waals surface area (Å²) in [4.78, 5) is 37.6. The molecule has 0 saturated carbocycles. The summed E-state index contributed by atoms with van der Waals surface area (Å²) < 4.78 is 1.53. The van der Waals surface area contributed by atoms with Crippen LogP contribution < -0.4 is 0 Å². The van der Waals surface area contributed by atoms with Crippen molar-refractivity contribution in [2.24, 2.45) is 5.41 Å². The van der Waals surface area contributed by atoms with Crippen molar-refractivity contribution in [1.82, 2.24) is 29.5 Å². The van der Waals surface area contributed by atoms with Gasteiger partial charge < -0.3 is 9.80 Å². The molecule has 166 valence electrons. The summed E-state index contributed by atoms with van der Waals surface area (Å²) in [6.07, 6.45) is 8.41. The molecule has 4 rings (SSSR count). The Kier molecular flexibility index (Phi) is 6.30. The lowest BCUT2D eigenvalue weighted by Gasteiger charge is -2.42. The van der Waals surface area contributed by atoms with Crippen molar-refractivity contribution in [3.8, 4) is 11.1 Å². The van der Waals surface area contributed by atoms with Gasteiger partial charge in [0, 0.05) is 39.6 Å². The molecule has 3 heterocycles. The van der Waals surface area contributed by atoms with Crippen molar-refractivity contribution in [1.29, 1.82) is 0 Å². The van der Waals surface area contributed by atoms with Gasteiger partial charge in [0.2, 0.25) is 11.8 Å². The first-order chi connectivity index (χ1) is 15.5. The summed E-state index contributed by atoms with van der Waals surface area (Å²) in [5, 5.41) is 4.02. The quantitative estimate of drug-likeness (QED) is 0.597. The Labute approximate surface area is 187 Å². The molecular formula is C24H28N6O2. The highest BCUT2D eigenvalue weighted by molar-refractivity contribution is 5.84. The molecule has 2 aromatic heterocycles. The first-order valence-electron chi connectivity index (χ1n) is 10.8. The highest BCUT2D eigenvalue weighted by atomic mass is 16.2. The molecule has 0 radical (unpaired) electrons. The molecule has 1 aliphatic heterocycles. The number of benzene rings is 1. The van der Waals surface area contributed by atoms with Crippen molar-refractivity contribution in [3.63, 3.8) is 0 Å². The van der Waals surface area contributed by atoms with E-state index in [4.69, 9.17) is 0 Å². The number of carbonyl (C=O) groups excluding carboxylic acids is 2. The Morgan fingerprint density at radius 1 is 1.03 bits per heavy atom. The highest BCUT2D eigenvalue weighted by Crippen LogP contribution is 2.39. The maximum atomic E-state index is 13.4. The second-order valence-electron chi connectivity index (χ2n) is 8.52. The maximum Gasteiger partial charge on any atom is 0.244 e. The number of nitrogens with zero attached hydrogens (tertiary/aromatic N) is 6. The van der Waals surface area contributed by atoms with Crippen LogP contribution in [0.15, 0.2) is 61.4 Å². The number of likely N-dealkylation sites (tertiary alicyclic amines) is 1. The van der Waals surface area contributed by atoms with Crippen LogP contribution in [0.4, 0.5) is 0 Å². The van der Waals surface area contributed by atoms with Crippen molar-refractivity contribution in [2.45, 2.75) is 25.8 Å². The summed E-state index contributed by atoms with van der Waals surface area (Å²) >= 11 is 0. The van der Waals surface area contributed by atoms with E-state index < -0.39 is 5.41 Å². The fraction of sp³-hybridized carbons (Fsp3) is 0.375. The zero-order valence-electron chi connectivity index (χ0n) is 18.5. The van der Waals surface area contributed by atoms with Crippen LogP contribution in [0.2, 0.25) is 0 Å². The van der Waals surface area contributed by atoms with Crippen LogP contribution in [0, 0.1) is 5.41 Å². The molecule has 0 atom stereocenters. The lowest BCUT2D eigenvalue weighted by molar-refractivity contribution is -0.146. The summed E-state index contributed by atoms with van der Waals surface area (Å²) in [5.41, 5.74) is 2.79. The summed E-state index contributed by atoms with van der Waals surface area (Å²) in [6, 6.07) is 12.2. The van der Waals surface area contributed by atoms with Gasteiger partial charge in [0.05, 0.1) is 5.41 Å². The standard InChI is InChI=1S/C24H28N6O2/c1-28(2)23(32)24(9-13-29(14-10-24)22(31)16-30-18-26-17-27-30)15-20-5-3-4-6-21(20)19-7-11-25-12-8-19/h3-8,11-12,17-18H,9-10,13-16H2,1-2H3. The van der Waals surface area contributed by atoms with Crippen molar-refractivity contribution >= 4 is 11.8 Å². The first kappa shape index (κ1) is 21.7. The SMILES string of the molecule is CN(C)C(=O)C1(Cc2ccccc2-c2ccncc2)CCN(C(=O)Cn2cncn2)CC1. The minimum absolute atomic E-state index is 0.00131. The Bertz CT molecular complexity index is 1060. The molecule has 32 heavy (non-hydrogen) atoms. The van der Waals surface area contributed by atoms with E-state index in [1.54, 1.807) is 31.4 Å². The lowest BCUT2D eigenvalue weighted by Crippen LogP contribution is -2.51. The molecule has 8 nitrogen and oxygen atoms in total. The number of amides is 2. The fourth-order valence-electron chi connectivity index (χ4n) is 4.53. The van der Waals surface area contributed by atoms with Gasteiger partial charge in [-0.1, -0.05) is 24.3 Å². The van der Waals surface area contributed by atoms with E-state index in [-0.39, 0.29) is 18.4 Å². The van der Waals surface area contributed by atoms with Gasteiger partial charge in [0.25, 0.3) is 0 Å². The second-order valence-corrected chi connectivity index (χ2v) is 8.52. The van der Waals surface area contributed by atoms with E-state index in [0.717, 1.165) is 16.7 Å². The van der Waals surface area contributed by atoms with Crippen LogP contribution in [-0.4, -0.2) is 68.5 Å². The Hall–Kier alpha value is -3.55. The van der Waals surface area contributed by atoms with Gasteiger partial charge in [-0.05, 0) is 48.1 Å². The van der Waals surface area contributed by atoms with Crippen LogP contribution in [-0.2, 0) is 22.6 Å². The predicted octanol–water partition coefficient (Wildman–Crippen LogP) is 2.28. The van der Waals surface area contributed by atoms with Gasteiger partial charge in [-0.3, -0.25) is 14.6 Å². The first-order valence-corrected chi connectivity index (χ1v) is 10.8. The van der Waals surface area contributed by atoms with Gasteiger partial charge in [-0.15, -0.1) is 0 Å². The van der Waals surface area contributed by atoms with Crippen LogP contribution in [0.3, 0.4) is 0 Å². The summed E-state index contributed by atoms with van der Waals surface area (Å²) in [6.45, 7) is 1.26. The molecule has 1 fully saturated rings. The fourth-order valence-corrected chi connectivity index (χ4v) is 4.53. The number of rotatable bonds is 6. The van der Waals surface area contributed by atoms with Gasteiger partial charge in [0.15, 0.2) is 0 Å². The van der Waals surface area contributed by atoms with E-state index in [1.807, 2.05) is 29.2 Å². The molecular weight excluding hydrogens is 404 g/mol. The molecule has 0 N–H and O–H groups in total. The third kappa shape index (κ3) is 4.54. The van der Waals surface area contributed by atoms with E-state index in [1.165, 1.54) is 17.3 Å². The summed E-state index contributed by atoms with van der Waals surface area (Å²) in [5.74, 6) is 0.115. The van der Waals surface area contributed by atoms with Crippen LogP contribution in [0.5, 0.6) is 0 Å². The monoisotopic (exact) mass is 432 g/mol. The number of aromatic nitrogens is 4. The Morgan fingerprint density at radius 2 is 1.75 bits per heavy atom. The maximum absolute atomic E-state index is 13.4. The molecule has 2 amide bonds. The normalized spacial score (nSPS) is 15.4. The average Bonchev–Trinajstić information content (AvgIpc) is 3.33. The van der Waals surface area contributed by atoms with Gasteiger partial charge in [-0.25, -0.2) is 9.67 Å². The van der Waals surface area contributed by atoms with Crippen LogP contribution >= 0.6 is 0 Å². The third-order valence-corrected chi connectivity index (χ3v) is 6.23. The molecule has 0 bridgehead atoms. The smallest absolute Gasteiger partial charge is 0.244 e. The van der Waals surface area contributed by atoms with Crippen molar-refractivity contribution in [3.05, 3.63) is 67.0 Å². The largest absolute Gasteiger partial charge is 0.348 e. The molecule has 1 aliphatic rings. The zero-order chi connectivity index (χ0) is 22.6. The molecule has 0 unspecified atom stereocenters. The van der Waals surface area contributed by atoms with E-state index >= 15 is 0 Å². The average molecular weight is 433 g/mol. The molecule has 3 aromatic rings. The number of piperidine rings is 1. The van der Waals surface area contributed by atoms with Gasteiger partial charge in [0.1, 0.15) is 19.2 Å². The van der Waals surface area contributed by atoms with E-state index in [2.05, 4.69) is 27.2 Å². The lowest BCUT2D eigenvalue weighted by atomic mass is 9.71. The number of hydrogen-bond acceptors (Lipinski definition) is 5. The Morgan fingerprint density at radius 3 is 2.41 bits per heavy atom.